The zero-order valence-corrected chi connectivity index (χ0v) is 11.0. The molecule has 0 aliphatic carbocycles. The lowest BCUT2D eigenvalue weighted by Crippen LogP contribution is -2.44. The molecule has 0 saturated heterocycles. The third-order valence-corrected chi connectivity index (χ3v) is 5.31. The average Bonchev–Trinajstić information content (AvgIpc) is 2.02. The summed E-state index contributed by atoms with van der Waals surface area (Å²) in [5.74, 6) is -0.828. The minimum Gasteiger partial charge on any atom is -0.481 e. The summed E-state index contributed by atoms with van der Waals surface area (Å²) in [5, 5.41) is 8.88. The van der Waals surface area contributed by atoms with Gasteiger partial charge in [0.25, 0.3) is 0 Å². The van der Waals surface area contributed by atoms with Gasteiger partial charge >= 0.3 is 5.97 Å². The molecule has 0 saturated carbocycles. The van der Waals surface area contributed by atoms with Gasteiger partial charge in [0, 0.05) is 0 Å². The van der Waals surface area contributed by atoms with E-state index in [1.807, 2.05) is 6.92 Å². The summed E-state index contributed by atoms with van der Waals surface area (Å²) in [7, 11) is 0.863. The molecule has 84 valence electrons. The van der Waals surface area contributed by atoms with E-state index in [2.05, 4.69) is 31.3 Å². The van der Waals surface area contributed by atoms with Gasteiger partial charge in [-0.15, -0.1) is 0 Å². The van der Waals surface area contributed by atoms with Gasteiger partial charge in [0.15, 0.2) is 0 Å². The van der Waals surface area contributed by atoms with Crippen molar-refractivity contribution in [2.45, 2.75) is 39.4 Å². The fourth-order valence-corrected chi connectivity index (χ4v) is 1.99. The van der Waals surface area contributed by atoms with E-state index in [4.69, 9.17) is 5.11 Å². The van der Waals surface area contributed by atoms with E-state index < -0.39 is 14.2 Å². The largest absolute Gasteiger partial charge is 0.481 e. The van der Waals surface area contributed by atoms with E-state index in [0.29, 0.717) is 0 Å². The number of aliphatic carboxylic acids is 1. The lowest BCUT2D eigenvalue weighted by atomic mass is 10.0. The third-order valence-electron chi connectivity index (χ3n) is 2.80. The Bertz CT molecular complexity index is 189. The van der Waals surface area contributed by atoms with Crippen LogP contribution in [0.15, 0.2) is 0 Å². The van der Waals surface area contributed by atoms with Crippen LogP contribution in [0.1, 0.15) is 19.8 Å². The first kappa shape index (κ1) is 13.6. The number of carboxylic acid groups (broad SMARTS) is 1. The smallest absolute Gasteiger partial charge is 0.306 e. The van der Waals surface area contributed by atoms with Crippen LogP contribution in [0, 0.1) is 5.92 Å². The minimum absolute atomic E-state index is 0.172. The van der Waals surface area contributed by atoms with Gasteiger partial charge in [-0.3, -0.25) is 4.79 Å². The van der Waals surface area contributed by atoms with Crippen LogP contribution in [0.3, 0.4) is 0 Å². The van der Waals surface area contributed by atoms with Crippen molar-refractivity contribution in [2.75, 3.05) is 13.6 Å². The third kappa shape index (κ3) is 4.76. The van der Waals surface area contributed by atoms with Crippen LogP contribution in [0.4, 0.5) is 0 Å². The predicted molar refractivity (Wildman–Crippen MR) is 62.0 cm³/mol. The van der Waals surface area contributed by atoms with Gasteiger partial charge in [-0.05, 0) is 26.4 Å². The maximum atomic E-state index is 10.8. The molecule has 0 aromatic heterocycles. The fourth-order valence-electron chi connectivity index (χ4n) is 1.19. The van der Waals surface area contributed by atoms with Crippen molar-refractivity contribution in [1.29, 1.82) is 0 Å². The molecule has 0 aliphatic rings. The van der Waals surface area contributed by atoms with Gasteiger partial charge in [-0.1, -0.05) is 26.6 Å². The number of hydrogen-bond acceptors (Lipinski definition) is 2. The lowest BCUT2D eigenvalue weighted by Gasteiger charge is -2.30. The van der Waals surface area contributed by atoms with Gasteiger partial charge in [0.05, 0.1) is 5.92 Å². The first-order chi connectivity index (χ1) is 6.29. The first-order valence-corrected chi connectivity index (χ1v) is 8.67. The van der Waals surface area contributed by atoms with Gasteiger partial charge < -0.3 is 9.67 Å². The molecule has 1 unspecified atom stereocenters. The van der Waals surface area contributed by atoms with E-state index in [1.54, 1.807) is 0 Å². The predicted octanol–water partition coefficient (Wildman–Crippen LogP) is 2.25. The van der Waals surface area contributed by atoms with Crippen LogP contribution in [0.2, 0.25) is 19.6 Å². The molecule has 4 heteroatoms. The molecule has 0 amide bonds. The van der Waals surface area contributed by atoms with Gasteiger partial charge in [-0.25, -0.2) is 0 Å². The van der Waals surface area contributed by atoms with Crippen LogP contribution >= 0.6 is 0 Å². The second-order valence-electron chi connectivity index (χ2n) is 4.82. The summed E-state index contributed by atoms with van der Waals surface area (Å²) in [6.45, 7) is 9.66. The minimum atomic E-state index is -1.23. The average molecular weight is 217 g/mol. The molecule has 3 nitrogen and oxygen atoms in total. The van der Waals surface area contributed by atoms with Crippen molar-refractivity contribution >= 4 is 14.2 Å². The standard InChI is InChI=1S/C10H23NO2Si/c1-6-9(10(12)13)7-8-11(2)14(3,4)5/h9H,6-8H2,1-5H3,(H,12,13). The highest BCUT2D eigenvalue weighted by atomic mass is 28.3. The van der Waals surface area contributed by atoms with E-state index >= 15 is 0 Å². The van der Waals surface area contributed by atoms with Crippen molar-refractivity contribution in [2.24, 2.45) is 5.92 Å². The quantitative estimate of drug-likeness (QED) is 0.694. The summed E-state index contributed by atoms with van der Waals surface area (Å²) in [6.07, 6.45) is 1.50. The molecule has 14 heavy (non-hydrogen) atoms. The summed E-state index contributed by atoms with van der Waals surface area (Å²) in [5.41, 5.74) is 0. The molecular weight excluding hydrogens is 194 g/mol. The number of carboxylic acids is 1. The second-order valence-corrected chi connectivity index (χ2v) is 9.93. The van der Waals surface area contributed by atoms with Crippen molar-refractivity contribution in [3.63, 3.8) is 0 Å². The van der Waals surface area contributed by atoms with E-state index in [1.165, 1.54) is 0 Å². The van der Waals surface area contributed by atoms with E-state index in [9.17, 15) is 4.79 Å². The monoisotopic (exact) mass is 217 g/mol. The molecule has 0 spiro atoms. The highest BCUT2D eigenvalue weighted by Crippen LogP contribution is 2.12. The lowest BCUT2D eigenvalue weighted by molar-refractivity contribution is -0.142. The Balaban J connectivity index is 3.98. The summed E-state index contributed by atoms with van der Waals surface area (Å²) in [4.78, 5) is 10.8. The van der Waals surface area contributed by atoms with Crippen molar-refractivity contribution in [3.8, 4) is 0 Å². The second kappa shape index (κ2) is 5.51. The van der Waals surface area contributed by atoms with Crippen LogP contribution in [-0.2, 0) is 4.79 Å². The highest BCUT2D eigenvalue weighted by Gasteiger charge is 2.22. The van der Waals surface area contributed by atoms with Gasteiger partial charge in [0.1, 0.15) is 8.24 Å². The topological polar surface area (TPSA) is 40.5 Å². The number of rotatable bonds is 6. The van der Waals surface area contributed by atoms with Crippen LogP contribution in [0.25, 0.3) is 0 Å². The maximum Gasteiger partial charge on any atom is 0.306 e. The molecule has 0 heterocycles. The molecule has 1 N–H and O–H groups in total. The molecule has 0 aromatic carbocycles. The number of hydrogen-bond donors (Lipinski definition) is 1. The number of nitrogens with zero attached hydrogens (tertiary/aromatic N) is 1. The van der Waals surface area contributed by atoms with Crippen LogP contribution in [-0.4, -0.2) is 37.5 Å². The molecule has 0 rings (SSSR count). The summed E-state index contributed by atoms with van der Waals surface area (Å²) < 4.78 is 2.33. The van der Waals surface area contributed by atoms with E-state index in [-0.39, 0.29) is 5.92 Å². The molecule has 0 bridgehead atoms. The van der Waals surface area contributed by atoms with E-state index in [0.717, 1.165) is 19.4 Å². The van der Waals surface area contributed by atoms with Crippen LogP contribution < -0.4 is 0 Å². The Morgan fingerprint density at radius 2 is 1.93 bits per heavy atom. The maximum absolute atomic E-state index is 10.8. The molecule has 0 aromatic rings. The van der Waals surface area contributed by atoms with Crippen molar-refractivity contribution in [1.82, 2.24) is 4.57 Å². The molecule has 0 radical (unpaired) electrons. The fraction of sp³-hybridized carbons (Fsp3) is 0.900. The molecule has 0 fully saturated rings. The van der Waals surface area contributed by atoms with Gasteiger partial charge in [-0.2, -0.15) is 0 Å². The zero-order chi connectivity index (χ0) is 11.4. The van der Waals surface area contributed by atoms with Crippen molar-refractivity contribution in [3.05, 3.63) is 0 Å². The first-order valence-electron chi connectivity index (χ1n) is 5.23. The number of carbonyl (C=O) groups is 1. The normalized spacial score (nSPS) is 14.4. The Labute approximate surface area is 88.2 Å². The molecule has 1 atom stereocenters. The van der Waals surface area contributed by atoms with Crippen LogP contribution in [0.5, 0.6) is 0 Å². The Kier molecular flexibility index (Phi) is 5.37. The highest BCUT2D eigenvalue weighted by molar-refractivity contribution is 6.73. The molecular formula is C10H23NO2Si. The Morgan fingerprint density at radius 3 is 2.21 bits per heavy atom. The Morgan fingerprint density at radius 1 is 1.43 bits per heavy atom. The summed E-state index contributed by atoms with van der Waals surface area (Å²) in [6, 6.07) is 0. The SMILES string of the molecule is CCC(CCN(C)[Si](C)(C)C)C(=O)O. The van der Waals surface area contributed by atoms with Gasteiger partial charge in [0.2, 0.25) is 0 Å². The summed E-state index contributed by atoms with van der Waals surface area (Å²) >= 11 is 0. The zero-order valence-electron chi connectivity index (χ0n) is 10.0. The van der Waals surface area contributed by atoms with Crippen molar-refractivity contribution < 1.29 is 9.90 Å². The Hall–Kier alpha value is -0.353. The molecule has 0 aliphatic heterocycles.